The molecule has 0 atom stereocenters. The van der Waals surface area contributed by atoms with Crippen molar-refractivity contribution in [3.63, 3.8) is 0 Å². The number of piperazine rings is 2. The van der Waals surface area contributed by atoms with Crippen molar-refractivity contribution in [1.29, 1.82) is 0 Å². The van der Waals surface area contributed by atoms with E-state index in [-0.39, 0.29) is 41.7 Å². The Morgan fingerprint density at radius 1 is 1.06 bits per heavy atom. The van der Waals surface area contributed by atoms with E-state index in [0.29, 0.717) is 31.2 Å². The third-order valence-electron chi connectivity index (χ3n) is 5.77. The van der Waals surface area contributed by atoms with Gasteiger partial charge < -0.3 is 19.9 Å². The molecule has 2 aliphatic rings. The highest BCUT2D eigenvalue weighted by molar-refractivity contribution is 7.89. The second-order valence-corrected chi connectivity index (χ2v) is 10.2. The molecular weight excluding hydrogens is 468 g/mol. The molecule has 176 valence electrons. The number of rotatable bonds is 5. The first-order valence-electron chi connectivity index (χ1n) is 10.5. The van der Waals surface area contributed by atoms with Crippen molar-refractivity contribution >= 4 is 39.1 Å². The van der Waals surface area contributed by atoms with Gasteiger partial charge in [0, 0.05) is 55.5 Å². The molecule has 2 aliphatic heterocycles. The van der Waals surface area contributed by atoms with Crippen LogP contribution >= 0.6 is 11.6 Å². The highest BCUT2D eigenvalue weighted by Gasteiger charge is 2.32. The van der Waals surface area contributed by atoms with Crippen molar-refractivity contribution in [2.45, 2.75) is 4.90 Å². The van der Waals surface area contributed by atoms with E-state index in [9.17, 15) is 18.0 Å². The van der Waals surface area contributed by atoms with Crippen molar-refractivity contribution in [2.24, 2.45) is 0 Å². The fourth-order valence-corrected chi connectivity index (χ4v) is 5.79. The van der Waals surface area contributed by atoms with Crippen LogP contribution in [-0.2, 0) is 14.8 Å². The molecular formula is C22H25ClN4O5S. The Hall–Kier alpha value is -2.82. The summed E-state index contributed by atoms with van der Waals surface area (Å²) in [6.07, 6.45) is 0. The maximum absolute atomic E-state index is 13.5. The maximum atomic E-state index is 13.5. The number of hydrogen-bond donors (Lipinski definition) is 1. The number of sulfonamides is 1. The fourth-order valence-electron chi connectivity index (χ4n) is 4.00. The van der Waals surface area contributed by atoms with E-state index in [0.717, 1.165) is 5.69 Å². The van der Waals surface area contributed by atoms with Crippen LogP contribution in [0.5, 0.6) is 5.75 Å². The summed E-state index contributed by atoms with van der Waals surface area (Å²) in [6, 6.07) is 11.8. The lowest BCUT2D eigenvalue weighted by atomic mass is 10.1. The Kier molecular flexibility index (Phi) is 6.78. The highest BCUT2D eigenvalue weighted by atomic mass is 35.5. The first kappa shape index (κ1) is 23.3. The lowest BCUT2D eigenvalue weighted by Crippen LogP contribution is -2.50. The summed E-state index contributed by atoms with van der Waals surface area (Å²) < 4.78 is 33.7. The van der Waals surface area contributed by atoms with Crippen LogP contribution in [0.15, 0.2) is 47.4 Å². The smallest absolute Gasteiger partial charge is 0.254 e. The van der Waals surface area contributed by atoms with E-state index in [2.05, 4.69) is 10.2 Å². The topological polar surface area (TPSA) is 99.3 Å². The van der Waals surface area contributed by atoms with Crippen molar-refractivity contribution in [1.82, 2.24) is 14.5 Å². The van der Waals surface area contributed by atoms with Crippen molar-refractivity contribution in [3.05, 3.63) is 53.1 Å². The highest BCUT2D eigenvalue weighted by Crippen LogP contribution is 2.30. The largest absolute Gasteiger partial charge is 0.495 e. The van der Waals surface area contributed by atoms with Gasteiger partial charge >= 0.3 is 0 Å². The van der Waals surface area contributed by atoms with Crippen LogP contribution < -0.4 is 15.0 Å². The minimum Gasteiger partial charge on any atom is -0.495 e. The van der Waals surface area contributed by atoms with E-state index in [1.807, 2.05) is 18.2 Å². The number of carbonyl (C=O) groups excluding carboxylic acids is 2. The summed E-state index contributed by atoms with van der Waals surface area (Å²) in [5.41, 5.74) is 1.14. The molecule has 2 aromatic rings. The molecule has 9 nitrogen and oxygen atoms in total. The van der Waals surface area contributed by atoms with Crippen molar-refractivity contribution in [2.75, 3.05) is 57.8 Å². The van der Waals surface area contributed by atoms with Crippen LogP contribution in [0.4, 0.5) is 5.69 Å². The summed E-state index contributed by atoms with van der Waals surface area (Å²) in [6.45, 7) is 2.24. The molecule has 0 radical (unpaired) electrons. The zero-order valence-electron chi connectivity index (χ0n) is 18.2. The normalized spacial score (nSPS) is 17.6. The molecule has 2 fully saturated rings. The van der Waals surface area contributed by atoms with Gasteiger partial charge in [-0.25, -0.2) is 8.42 Å². The standard InChI is InChI=1S/C22H25ClN4O5S/c1-32-19-6-5-16(22(29)26-8-7-24-21(28)15-26)13-20(19)33(30,31)27-11-9-25(10-12-27)18-4-2-3-17(23)14-18/h2-6,13-14H,7-12,15H2,1H3,(H,24,28). The van der Waals surface area contributed by atoms with Gasteiger partial charge in [0.15, 0.2) is 0 Å². The SMILES string of the molecule is COc1ccc(C(=O)N2CCNC(=O)C2)cc1S(=O)(=O)N1CCN(c2cccc(Cl)c2)CC1. The number of methoxy groups -OCH3 is 1. The average molecular weight is 493 g/mol. The van der Waals surface area contributed by atoms with Gasteiger partial charge in [0.1, 0.15) is 10.6 Å². The first-order valence-corrected chi connectivity index (χ1v) is 12.4. The minimum atomic E-state index is -3.91. The molecule has 1 N–H and O–H groups in total. The zero-order valence-corrected chi connectivity index (χ0v) is 19.7. The quantitative estimate of drug-likeness (QED) is 0.678. The number of amides is 2. The van der Waals surface area contributed by atoms with Crippen LogP contribution in [0.25, 0.3) is 0 Å². The lowest BCUT2D eigenvalue weighted by molar-refractivity contribution is -0.123. The number of nitrogens with one attached hydrogen (secondary N) is 1. The van der Waals surface area contributed by atoms with Gasteiger partial charge in [0.05, 0.1) is 13.7 Å². The molecule has 2 heterocycles. The van der Waals surface area contributed by atoms with Crippen LogP contribution in [0.3, 0.4) is 0 Å². The third-order valence-corrected chi connectivity index (χ3v) is 7.92. The molecule has 11 heteroatoms. The summed E-state index contributed by atoms with van der Waals surface area (Å²) in [5.74, 6) is -0.469. The van der Waals surface area contributed by atoms with Crippen LogP contribution in [0, 0.1) is 0 Å². The molecule has 0 spiro atoms. The molecule has 0 unspecified atom stereocenters. The molecule has 2 aromatic carbocycles. The zero-order chi connectivity index (χ0) is 23.6. The maximum Gasteiger partial charge on any atom is 0.254 e. The van der Waals surface area contributed by atoms with E-state index in [1.165, 1.54) is 34.5 Å². The number of ether oxygens (including phenoxy) is 1. The summed E-state index contributed by atoms with van der Waals surface area (Å²) in [4.78, 5) is 28.0. The van der Waals surface area contributed by atoms with Crippen molar-refractivity contribution in [3.8, 4) is 5.75 Å². The number of halogens is 1. The molecule has 0 aliphatic carbocycles. The van der Waals surface area contributed by atoms with E-state index in [1.54, 1.807) is 6.07 Å². The fraction of sp³-hybridized carbons (Fsp3) is 0.364. The number of benzene rings is 2. The van der Waals surface area contributed by atoms with Crippen LogP contribution in [0.1, 0.15) is 10.4 Å². The van der Waals surface area contributed by atoms with Crippen LogP contribution in [-0.4, -0.2) is 82.4 Å². The predicted molar refractivity (Wildman–Crippen MR) is 124 cm³/mol. The van der Waals surface area contributed by atoms with Gasteiger partial charge in [0.2, 0.25) is 15.9 Å². The molecule has 0 saturated carbocycles. The lowest BCUT2D eigenvalue weighted by Gasteiger charge is -2.35. The Morgan fingerprint density at radius 3 is 2.48 bits per heavy atom. The van der Waals surface area contributed by atoms with Gasteiger partial charge in [0.25, 0.3) is 5.91 Å². The van der Waals surface area contributed by atoms with Gasteiger partial charge in [-0.2, -0.15) is 4.31 Å². The predicted octanol–water partition coefficient (Wildman–Crippen LogP) is 1.43. The van der Waals surface area contributed by atoms with E-state index < -0.39 is 15.9 Å². The third kappa shape index (κ3) is 4.92. The van der Waals surface area contributed by atoms with E-state index in [4.69, 9.17) is 16.3 Å². The first-order chi connectivity index (χ1) is 15.8. The Morgan fingerprint density at radius 2 is 1.82 bits per heavy atom. The molecule has 2 saturated heterocycles. The monoisotopic (exact) mass is 492 g/mol. The molecule has 2 amide bonds. The Bertz CT molecular complexity index is 1170. The average Bonchev–Trinajstić information content (AvgIpc) is 2.83. The summed E-state index contributed by atoms with van der Waals surface area (Å²) >= 11 is 6.08. The van der Waals surface area contributed by atoms with Gasteiger partial charge in [-0.15, -0.1) is 0 Å². The second kappa shape index (κ2) is 9.58. The summed E-state index contributed by atoms with van der Waals surface area (Å²) in [5, 5.41) is 3.29. The number of hydrogen-bond acceptors (Lipinski definition) is 6. The summed E-state index contributed by atoms with van der Waals surface area (Å²) in [7, 11) is -2.52. The molecule has 4 rings (SSSR count). The number of nitrogens with zero attached hydrogens (tertiary/aromatic N) is 3. The van der Waals surface area contributed by atoms with Crippen LogP contribution in [0.2, 0.25) is 5.02 Å². The second-order valence-electron chi connectivity index (χ2n) is 7.81. The Balaban J connectivity index is 1.55. The van der Waals surface area contributed by atoms with Gasteiger partial charge in [-0.05, 0) is 36.4 Å². The molecule has 0 bridgehead atoms. The van der Waals surface area contributed by atoms with E-state index >= 15 is 0 Å². The van der Waals surface area contributed by atoms with Gasteiger partial charge in [-0.3, -0.25) is 9.59 Å². The van der Waals surface area contributed by atoms with Gasteiger partial charge in [-0.1, -0.05) is 17.7 Å². The molecule has 33 heavy (non-hydrogen) atoms. The minimum absolute atomic E-state index is 0.0571. The molecule has 0 aromatic heterocycles. The van der Waals surface area contributed by atoms with Crippen molar-refractivity contribution < 1.29 is 22.7 Å². The number of anilines is 1. The Labute approximate surface area is 197 Å². The number of carbonyl (C=O) groups is 2.